The molecule has 8 nitrogen and oxygen atoms in total. The van der Waals surface area contributed by atoms with Gasteiger partial charge in [0.05, 0.1) is 27.2 Å². The number of amides is 1. The molecule has 1 N–H and O–H groups in total. The topological polar surface area (TPSA) is 85.8 Å². The van der Waals surface area contributed by atoms with E-state index in [1.807, 2.05) is 24.3 Å². The summed E-state index contributed by atoms with van der Waals surface area (Å²) in [6.45, 7) is 1.94. The number of nitrogens with zero attached hydrogens (tertiary/aromatic N) is 3. The molecule has 1 aromatic carbocycles. The normalized spacial score (nSPS) is 16.2. The number of thiazole rings is 1. The number of nitrogens with one attached hydrogen (secondary N) is 1. The Balaban J connectivity index is 1.41. The highest BCUT2D eigenvalue weighted by Crippen LogP contribution is 2.38. The summed E-state index contributed by atoms with van der Waals surface area (Å²) in [5, 5.41) is 3.99. The highest BCUT2D eigenvalue weighted by Gasteiger charge is 2.27. The monoisotopic (exact) mass is 442 g/mol. The van der Waals surface area contributed by atoms with E-state index in [9.17, 15) is 4.79 Å². The third-order valence-electron chi connectivity index (χ3n) is 5.41. The average Bonchev–Trinajstić information content (AvgIpc) is 3.26. The molecule has 1 unspecified atom stereocenters. The van der Waals surface area contributed by atoms with Crippen molar-refractivity contribution in [3.63, 3.8) is 0 Å². The molecule has 1 saturated heterocycles. The lowest BCUT2D eigenvalue weighted by molar-refractivity contribution is -0.125. The maximum atomic E-state index is 12.9. The first-order chi connectivity index (χ1) is 15.1. The van der Waals surface area contributed by atoms with Gasteiger partial charge in [-0.25, -0.2) is 9.97 Å². The van der Waals surface area contributed by atoms with Crippen molar-refractivity contribution in [3.8, 4) is 17.2 Å². The first-order valence-electron chi connectivity index (χ1n) is 10.2. The molecule has 3 heterocycles. The van der Waals surface area contributed by atoms with Gasteiger partial charge in [0, 0.05) is 25.8 Å². The number of fused-ring (bicyclic) bond motifs is 1. The SMILES string of the molecule is COc1cc(CNC(=O)C2CCCN(c3nc4cccnc4s3)C2)cc(OC)c1OC. The first kappa shape index (κ1) is 21.2. The van der Waals surface area contributed by atoms with Crippen molar-refractivity contribution >= 4 is 32.7 Å². The zero-order valence-electron chi connectivity index (χ0n) is 17.9. The van der Waals surface area contributed by atoms with Crippen molar-refractivity contribution in [1.29, 1.82) is 0 Å². The second-order valence-corrected chi connectivity index (χ2v) is 8.32. The fourth-order valence-electron chi connectivity index (χ4n) is 3.83. The molecule has 0 spiro atoms. The van der Waals surface area contributed by atoms with Crippen molar-refractivity contribution in [2.45, 2.75) is 19.4 Å². The van der Waals surface area contributed by atoms with Gasteiger partial charge in [-0.1, -0.05) is 11.3 Å². The fourth-order valence-corrected chi connectivity index (χ4v) is 4.77. The van der Waals surface area contributed by atoms with Crippen LogP contribution in [-0.4, -0.2) is 50.3 Å². The summed E-state index contributed by atoms with van der Waals surface area (Å²) in [6, 6.07) is 7.56. The number of carbonyl (C=O) groups excluding carboxylic acids is 1. The number of benzene rings is 1. The van der Waals surface area contributed by atoms with E-state index in [1.54, 1.807) is 38.9 Å². The van der Waals surface area contributed by atoms with Crippen LogP contribution in [0.25, 0.3) is 10.3 Å². The quantitative estimate of drug-likeness (QED) is 0.601. The number of ether oxygens (including phenoxy) is 3. The summed E-state index contributed by atoms with van der Waals surface area (Å²) in [5.41, 5.74) is 1.78. The van der Waals surface area contributed by atoms with E-state index in [0.29, 0.717) is 30.3 Å². The summed E-state index contributed by atoms with van der Waals surface area (Å²) >= 11 is 1.57. The maximum absolute atomic E-state index is 12.9. The Morgan fingerprint density at radius 2 is 2.00 bits per heavy atom. The molecule has 0 saturated carbocycles. The van der Waals surface area contributed by atoms with Gasteiger partial charge < -0.3 is 24.4 Å². The Hall–Kier alpha value is -3.07. The summed E-state index contributed by atoms with van der Waals surface area (Å²) in [4.78, 5) is 25.1. The van der Waals surface area contributed by atoms with E-state index < -0.39 is 0 Å². The number of pyridine rings is 1. The number of methoxy groups -OCH3 is 3. The zero-order valence-corrected chi connectivity index (χ0v) is 18.7. The van der Waals surface area contributed by atoms with Gasteiger partial charge in [-0.2, -0.15) is 0 Å². The van der Waals surface area contributed by atoms with Crippen LogP contribution in [0, 0.1) is 5.92 Å². The van der Waals surface area contributed by atoms with Gasteiger partial charge >= 0.3 is 0 Å². The van der Waals surface area contributed by atoms with E-state index >= 15 is 0 Å². The minimum absolute atomic E-state index is 0.0395. The number of anilines is 1. The molecule has 1 fully saturated rings. The largest absolute Gasteiger partial charge is 0.493 e. The molecule has 1 amide bonds. The molecule has 0 aliphatic carbocycles. The highest BCUT2D eigenvalue weighted by atomic mass is 32.1. The molecular formula is C22H26N4O4S. The molecule has 1 atom stereocenters. The zero-order chi connectivity index (χ0) is 21.8. The summed E-state index contributed by atoms with van der Waals surface area (Å²) in [7, 11) is 4.72. The van der Waals surface area contributed by atoms with Crippen LogP contribution in [0.4, 0.5) is 5.13 Å². The molecule has 1 aliphatic heterocycles. The number of hydrogen-bond acceptors (Lipinski definition) is 8. The van der Waals surface area contributed by atoms with Crippen molar-refractivity contribution in [3.05, 3.63) is 36.0 Å². The second-order valence-electron chi connectivity index (χ2n) is 7.36. The van der Waals surface area contributed by atoms with Crippen LogP contribution in [0.3, 0.4) is 0 Å². The summed E-state index contributed by atoms with van der Waals surface area (Å²) in [6.07, 6.45) is 3.59. The van der Waals surface area contributed by atoms with Gasteiger partial charge in [0.1, 0.15) is 10.3 Å². The van der Waals surface area contributed by atoms with Crippen molar-refractivity contribution in [2.75, 3.05) is 39.3 Å². The van der Waals surface area contributed by atoms with Crippen molar-refractivity contribution in [1.82, 2.24) is 15.3 Å². The van der Waals surface area contributed by atoms with Gasteiger partial charge in [0.2, 0.25) is 11.7 Å². The molecule has 31 heavy (non-hydrogen) atoms. The van der Waals surface area contributed by atoms with Gasteiger partial charge in [0.15, 0.2) is 16.6 Å². The minimum atomic E-state index is -0.0873. The van der Waals surface area contributed by atoms with E-state index in [1.165, 1.54) is 0 Å². The van der Waals surface area contributed by atoms with Crippen LogP contribution in [0.1, 0.15) is 18.4 Å². The van der Waals surface area contributed by atoms with E-state index in [0.717, 1.165) is 40.4 Å². The Kier molecular flexibility index (Phi) is 6.41. The fraction of sp³-hybridized carbons (Fsp3) is 0.409. The Bertz CT molecular complexity index is 1010. The second kappa shape index (κ2) is 9.38. The number of rotatable bonds is 7. The third-order valence-corrected chi connectivity index (χ3v) is 6.45. The van der Waals surface area contributed by atoms with Crippen molar-refractivity contribution in [2.24, 2.45) is 5.92 Å². The van der Waals surface area contributed by atoms with Crippen LogP contribution in [0.5, 0.6) is 17.2 Å². The Labute approximate surface area is 185 Å². The third kappa shape index (κ3) is 4.51. The predicted octanol–water partition coefficient (Wildman–Crippen LogP) is 3.25. The van der Waals surface area contributed by atoms with Gasteiger partial charge in [-0.3, -0.25) is 4.79 Å². The molecule has 0 bridgehead atoms. The molecule has 1 aliphatic rings. The van der Waals surface area contributed by atoms with Crippen LogP contribution < -0.4 is 24.4 Å². The maximum Gasteiger partial charge on any atom is 0.225 e. The average molecular weight is 443 g/mol. The molecule has 4 rings (SSSR count). The highest BCUT2D eigenvalue weighted by molar-refractivity contribution is 7.21. The minimum Gasteiger partial charge on any atom is -0.493 e. The van der Waals surface area contributed by atoms with Gasteiger partial charge in [-0.05, 0) is 42.7 Å². The number of carbonyl (C=O) groups is 1. The standard InChI is InChI=1S/C22H26N4O4S/c1-28-17-10-14(11-18(29-2)19(17)30-3)12-24-20(27)15-6-5-9-26(13-15)22-25-16-7-4-8-23-21(16)31-22/h4,7-8,10-11,15H,5-6,9,12-13H2,1-3H3,(H,24,27). The number of piperidine rings is 1. The van der Waals surface area contributed by atoms with E-state index in [2.05, 4.69) is 20.2 Å². The summed E-state index contributed by atoms with van der Waals surface area (Å²) in [5.74, 6) is 1.63. The van der Waals surface area contributed by atoms with Crippen LogP contribution in [-0.2, 0) is 11.3 Å². The molecular weight excluding hydrogens is 416 g/mol. The smallest absolute Gasteiger partial charge is 0.225 e. The Morgan fingerprint density at radius 3 is 2.68 bits per heavy atom. The number of aromatic nitrogens is 2. The van der Waals surface area contributed by atoms with Crippen molar-refractivity contribution < 1.29 is 19.0 Å². The van der Waals surface area contributed by atoms with Gasteiger partial charge in [0.25, 0.3) is 0 Å². The lowest BCUT2D eigenvalue weighted by atomic mass is 9.97. The molecule has 9 heteroatoms. The predicted molar refractivity (Wildman–Crippen MR) is 120 cm³/mol. The molecule has 0 radical (unpaired) electrons. The lowest BCUT2D eigenvalue weighted by Crippen LogP contribution is -2.42. The van der Waals surface area contributed by atoms with Gasteiger partial charge in [-0.15, -0.1) is 0 Å². The molecule has 164 valence electrons. The number of hydrogen-bond donors (Lipinski definition) is 1. The van der Waals surface area contributed by atoms with Crippen LogP contribution in [0.2, 0.25) is 0 Å². The van der Waals surface area contributed by atoms with Crippen LogP contribution >= 0.6 is 11.3 Å². The molecule has 2 aromatic heterocycles. The lowest BCUT2D eigenvalue weighted by Gasteiger charge is -2.31. The van der Waals surface area contributed by atoms with Crippen LogP contribution in [0.15, 0.2) is 30.5 Å². The first-order valence-corrected chi connectivity index (χ1v) is 11.0. The molecule has 3 aromatic rings. The van der Waals surface area contributed by atoms with E-state index in [4.69, 9.17) is 14.2 Å². The Morgan fingerprint density at radius 1 is 1.23 bits per heavy atom. The van der Waals surface area contributed by atoms with E-state index in [-0.39, 0.29) is 11.8 Å². The summed E-state index contributed by atoms with van der Waals surface area (Å²) < 4.78 is 16.1.